The van der Waals surface area contributed by atoms with Crippen LogP contribution in [0.5, 0.6) is 5.75 Å². The van der Waals surface area contributed by atoms with Crippen molar-refractivity contribution in [2.75, 3.05) is 18.1 Å². The van der Waals surface area contributed by atoms with Gasteiger partial charge in [0, 0.05) is 22.2 Å². The van der Waals surface area contributed by atoms with Gasteiger partial charge >= 0.3 is 0 Å². The quantitative estimate of drug-likeness (QED) is 0.793. The number of carbonyl (C=O) groups excluding carboxylic acids is 1. The van der Waals surface area contributed by atoms with Crippen molar-refractivity contribution < 1.29 is 9.53 Å². The molecule has 3 rings (SSSR count). The van der Waals surface area contributed by atoms with Crippen molar-refractivity contribution in [2.24, 2.45) is 0 Å². The molecular weight excluding hydrogens is 368 g/mol. The third-order valence-corrected chi connectivity index (χ3v) is 4.24. The molecule has 1 aromatic heterocycles. The van der Waals surface area contributed by atoms with Gasteiger partial charge in [-0.1, -0.05) is 29.8 Å². The molecule has 0 unspecified atom stereocenters. The Morgan fingerprint density at radius 3 is 3.05 bits per heavy atom. The van der Waals surface area contributed by atoms with E-state index < -0.39 is 0 Å². The topological polar surface area (TPSA) is 42.4 Å². The van der Waals surface area contributed by atoms with Crippen LogP contribution in [0.25, 0.3) is 0 Å². The summed E-state index contributed by atoms with van der Waals surface area (Å²) in [4.78, 5) is 18.7. The summed E-state index contributed by atoms with van der Waals surface area (Å²) in [6.07, 6.45) is 2.68. The number of halogens is 2. The number of anilines is 1. The molecule has 0 aliphatic carbocycles. The van der Waals surface area contributed by atoms with E-state index in [1.54, 1.807) is 17.2 Å². The molecule has 1 aromatic carbocycles. The lowest BCUT2D eigenvalue weighted by atomic mass is 10.1. The molecule has 1 amide bonds. The van der Waals surface area contributed by atoms with Crippen LogP contribution in [0, 0.1) is 0 Å². The first-order valence-electron chi connectivity index (χ1n) is 6.97. The van der Waals surface area contributed by atoms with Crippen LogP contribution in [0.1, 0.15) is 12.0 Å². The second kappa shape index (κ2) is 6.67. The summed E-state index contributed by atoms with van der Waals surface area (Å²) in [6.45, 7) is 1.16. The number of benzene rings is 1. The number of hydrogen-bond acceptors (Lipinski definition) is 3. The lowest BCUT2D eigenvalue weighted by molar-refractivity contribution is -0.118. The summed E-state index contributed by atoms with van der Waals surface area (Å²) in [5, 5.41) is 0.603. The van der Waals surface area contributed by atoms with Gasteiger partial charge in [-0.15, -0.1) is 0 Å². The van der Waals surface area contributed by atoms with Crippen LogP contribution >= 0.6 is 27.5 Å². The maximum Gasteiger partial charge on any atom is 0.232 e. The first-order chi connectivity index (χ1) is 10.6. The van der Waals surface area contributed by atoms with Gasteiger partial charge < -0.3 is 4.74 Å². The van der Waals surface area contributed by atoms with Crippen LogP contribution in [-0.2, 0) is 11.2 Å². The Morgan fingerprint density at radius 1 is 1.41 bits per heavy atom. The average molecular weight is 382 g/mol. The summed E-state index contributed by atoms with van der Waals surface area (Å²) < 4.78 is 6.50. The SMILES string of the molecule is O=C(Cc1ccccc1Cl)N1CCCOc2cc(Br)cnc21. The minimum absolute atomic E-state index is 0.0327. The van der Waals surface area contributed by atoms with Gasteiger partial charge in [0.15, 0.2) is 11.6 Å². The molecular formula is C16H14BrClN2O2. The molecule has 1 aliphatic rings. The van der Waals surface area contributed by atoms with Gasteiger partial charge in [0.25, 0.3) is 0 Å². The average Bonchev–Trinajstić information content (AvgIpc) is 2.71. The minimum Gasteiger partial charge on any atom is -0.490 e. The molecule has 22 heavy (non-hydrogen) atoms. The molecule has 0 spiro atoms. The van der Waals surface area contributed by atoms with Gasteiger partial charge in [-0.25, -0.2) is 4.98 Å². The number of aromatic nitrogens is 1. The predicted octanol–water partition coefficient (Wildman–Crippen LogP) is 3.86. The highest BCUT2D eigenvalue weighted by molar-refractivity contribution is 9.10. The fraction of sp³-hybridized carbons (Fsp3) is 0.250. The molecule has 2 heterocycles. The van der Waals surface area contributed by atoms with Crippen molar-refractivity contribution in [2.45, 2.75) is 12.8 Å². The van der Waals surface area contributed by atoms with E-state index in [1.807, 2.05) is 24.3 Å². The largest absolute Gasteiger partial charge is 0.490 e. The molecule has 0 fully saturated rings. The zero-order valence-electron chi connectivity index (χ0n) is 11.8. The molecule has 0 radical (unpaired) electrons. The van der Waals surface area contributed by atoms with Crippen molar-refractivity contribution in [3.8, 4) is 5.75 Å². The number of nitrogens with zero attached hydrogens (tertiary/aromatic N) is 2. The van der Waals surface area contributed by atoms with E-state index in [0.29, 0.717) is 29.7 Å². The van der Waals surface area contributed by atoms with Crippen LogP contribution in [0.4, 0.5) is 5.82 Å². The summed E-state index contributed by atoms with van der Waals surface area (Å²) >= 11 is 9.52. The van der Waals surface area contributed by atoms with Crippen molar-refractivity contribution in [3.63, 3.8) is 0 Å². The molecule has 6 heteroatoms. The second-order valence-corrected chi connectivity index (χ2v) is 6.31. The van der Waals surface area contributed by atoms with Crippen LogP contribution < -0.4 is 9.64 Å². The number of hydrogen-bond donors (Lipinski definition) is 0. The highest BCUT2D eigenvalue weighted by atomic mass is 79.9. The van der Waals surface area contributed by atoms with E-state index in [1.165, 1.54) is 0 Å². The highest BCUT2D eigenvalue weighted by Crippen LogP contribution is 2.31. The molecule has 0 saturated carbocycles. The molecule has 114 valence electrons. The standard InChI is InChI=1S/C16H14BrClN2O2/c17-12-9-14-16(19-10-12)20(6-3-7-22-14)15(21)8-11-4-1-2-5-13(11)18/h1-2,4-5,9-10H,3,6-8H2. The van der Waals surface area contributed by atoms with E-state index in [4.69, 9.17) is 16.3 Å². The number of carbonyl (C=O) groups is 1. The van der Waals surface area contributed by atoms with E-state index in [2.05, 4.69) is 20.9 Å². The normalized spacial score (nSPS) is 14.0. The Balaban J connectivity index is 1.88. The predicted molar refractivity (Wildman–Crippen MR) is 89.6 cm³/mol. The fourth-order valence-corrected chi connectivity index (χ4v) is 2.89. The van der Waals surface area contributed by atoms with Crippen molar-refractivity contribution in [1.82, 2.24) is 4.98 Å². The van der Waals surface area contributed by atoms with Crippen molar-refractivity contribution >= 4 is 39.3 Å². The minimum atomic E-state index is -0.0327. The Labute approximate surface area is 142 Å². The van der Waals surface area contributed by atoms with Crippen molar-refractivity contribution in [1.29, 1.82) is 0 Å². The summed E-state index contributed by atoms with van der Waals surface area (Å²) in [5.74, 6) is 1.16. The molecule has 0 N–H and O–H groups in total. The van der Waals surface area contributed by atoms with Gasteiger partial charge in [-0.3, -0.25) is 9.69 Å². The Bertz CT molecular complexity index is 708. The van der Waals surface area contributed by atoms with Gasteiger partial charge in [0.05, 0.1) is 13.0 Å². The van der Waals surface area contributed by atoms with E-state index in [0.717, 1.165) is 16.5 Å². The molecule has 1 aliphatic heterocycles. The van der Waals surface area contributed by atoms with Crippen LogP contribution in [-0.4, -0.2) is 24.0 Å². The Morgan fingerprint density at radius 2 is 2.23 bits per heavy atom. The Kier molecular flexibility index (Phi) is 4.64. The number of fused-ring (bicyclic) bond motifs is 1. The number of amides is 1. The Hall–Kier alpha value is -1.59. The summed E-state index contributed by atoms with van der Waals surface area (Å²) in [5.41, 5.74) is 0.818. The van der Waals surface area contributed by atoms with E-state index in [9.17, 15) is 4.79 Å². The number of pyridine rings is 1. The second-order valence-electron chi connectivity index (χ2n) is 4.99. The summed E-state index contributed by atoms with van der Waals surface area (Å²) in [7, 11) is 0. The molecule has 0 saturated heterocycles. The summed E-state index contributed by atoms with van der Waals surface area (Å²) in [6, 6.07) is 9.22. The first-order valence-corrected chi connectivity index (χ1v) is 8.14. The zero-order valence-corrected chi connectivity index (χ0v) is 14.1. The molecule has 0 bridgehead atoms. The third-order valence-electron chi connectivity index (χ3n) is 3.44. The lowest BCUT2D eigenvalue weighted by Crippen LogP contribution is -2.33. The van der Waals surface area contributed by atoms with Crippen molar-refractivity contribution in [3.05, 3.63) is 51.6 Å². The van der Waals surface area contributed by atoms with E-state index in [-0.39, 0.29) is 12.3 Å². The van der Waals surface area contributed by atoms with Gasteiger partial charge in [0.1, 0.15) is 0 Å². The molecule has 2 aromatic rings. The van der Waals surface area contributed by atoms with Gasteiger partial charge in [-0.2, -0.15) is 0 Å². The maximum absolute atomic E-state index is 12.7. The van der Waals surface area contributed by atoms with E-state index >= 15 is 0 Å². The van der Waals surface area contributed by atoms with Gasteiger partial charge in [-0.05, 0) is 40.0 Å². The molecule has 0 atom stereocenters. The van der Waals surface area contributed by atoms with Crippen LogP contribution in [0.3, 0.4) is 0 Å². The molecule has 4 nitrogen and oxygen atoms in total. The van der Waals surface area contributed by atoms with Crippen LogP contribution in [0.15, 0.2) is 41.0 Å². The maximum atomic E-state index is 12.7. The lowest BCUT2D eigenvalue weighted by Gasteiger charge is -2.21. The monoisotopic (exact) mass is 380 g/mol. The highest BCUT2D eigenvalue weighted by Gasteiger charge is 2.24. The third kappa shape index (κ3) is 3.25. The zero-order chi connectivity index (χ0) is 15.5. The smallest absolute Gasteiger partial charge is 0.232 e. The van der Waals surface area contributed by atoms with Gasteiger partial charge in [0.2, 0.25) is 5.91 Å². The number of ether oxygens (including phenoxy) is 1. The first kappa shape index (κ1) is 15.3. The number of rotatable bonds is 2. The fourth-order valence-electron chi connectivity index (χ4n) is 2.38. The van der Waals surface area contributed by atoms with Crippen LogP contribution in [0.2, 0.25) is 5.02 Å².